The van der Waals surface area contributed by atoms with Crippen LogP contribution in [0.4, 0.5) is 5.69 Å². The molecule has 0 saturated heterocycles. The number of allylic oxidation sites excluding steroid dienone is 2. The van der Waals surface area contributed by atoms with Crippen LogP contribution in [0.25, 0.3) is 33.0 Å². The van der Waals surface area contributed by atoms with Crippen molar-refractivity contribution in [2.45, 2.75) is 85.1 Å². The van der Waals surface area contributed by atoms with Crippen LogP contribution in [0, 0.1) is 24.7 Å². The third-order valence-corrected chi connectivity index (χ3v) is 11.7. The molecule has 1 amide bonds. The minimum Gasteiger partial charge on any atom is -0.505 e. The van der Waals surface area contributed by atoms with E-state index in [9.17, 15) is 34.5 Å². The van der Waals surface area contributed by atoms with Crippen LogP contribution in [0.15, 0.2) is 63.6 Å². The number of carbonyl (C=O) groups excluding carboxylic acids is 3. The first kappa shape index (κ1) is 46.6. The fraction of sp³-hybridized carbons (Fsp3) is 0.457. The Balaban J connectivity index is 1.55. The van der Waals surface area contributed by atoms with Crippen LogP contribution in [-0.4, -0.2) is 102 Å². The Morgan fingerprint density at radius 3 is 2.51 bits per heavy atom. The summed E-state index contributed by atoms with van der Waals surface area (Å²) in [5.41, 5.74) is 4.94. The molecule has 0 spiro atoms. The Labute approximate surface area is 363 Å². The molecule has 0 unspecified atom stereocenters. The van der Waals surface area contributed by atoms with Crippen LogP contribution in [-0.2, 0) is 23.8 Å². The maximum atomic E-state index is 14.6. The van der Waals surface area contributed by atoms with Crippen LogP contribution < -0.4 is 31.3 Å². The number of aliphatic hydroxyl groups excluding tert-OH is 2. The summed E-state index contributed by atoms with van der Waals surface area (Å²) in [6.45, 7) is 12.7. The van der Waals surface area contributed by atoms with Gasteiger partial charge in [0.1, 0.15) is 40.9 Å². The molecule has 6 rings (SSSR count). The lowest BCUT2D eigenvalue weighted by Crippen LogP contribution is -2.43. The number of aliphatic hydroxyl groups is 2. The number of nitrogens with two attached hydrogens (primary N) is 1. The first-order valence-electron chi connectivity index (χ1n) is 20.9. The molecule has 1 aromatic heterocycles. The molecule has 8 atom stereocenters. The number of phenolic OH excluding ortho intramolecular Hbond substituents is 1. The molecule has 17 nitrogen and oxygen atoms in total. The predicted octanol–water partition coefficient (Wildman–Crippen LogP) is 4.68. The highest BCUT2D eigenvalue weighted by Crippen LogP contribution is 2.48. The Kier molecular flexibility index (Phi) is 14.3. The largest absolute Gasteiger partial charge is 0.505 e. The fourth-order valence-corrected chi connectivity index (χ4v) is 7.90. The highest BCUT2D eigenvalue weighted by atomic mass is 16.7. The molecule has 3 aromatic carbocycles. The second-order valence-corrected chi connectivity index (χ2v) is 16.3. The van der Waals surface area contributed by atoms with Gasteiger partial charge < -0.3 is 59.8 Å². The molecule has 2 aliphatic rings. The third-order valence-electron chi connectivity index (χ3n) is 11.7. The maximum Gasteiger partial charge on any atom is 0.312 e. The number of nitrogens with zero attached hydrogens (tertiary/aromatic N) is 1. The summed E-state index contributed by atoms with van der Waals surface area (Å²) in [4.78, 5) is 59.9. The number of ketones is 1. The molecular weight excluding hydrogens is 817 g/mol. The first-order chi connectivity index (χ1) is 29.9. The molecule has 17 heteroatoms. The van der Waals surface area contributed by atoms with Crippen molar-refractivity contribution in [1.82, 2.24) is 10.3 Å². The van der Waals surface area contributed by atoms with Crippen LogP contribution in [0.1, 0.15) is 63.9 Å². The minimum absolute atomic E-state index is 0.0154. The van der Waals surface area contributed by atoms with E-state index in [0.717, 1.165) is 0 Å². The van der Waals surface area contributed by atoms with Crippen molar-refractivity contribution in [3.63, 3.8) is 0 Å². The zero-order chi connectivity index (χ0) is 45.9. The second kappa shape index (κ2) is 19.3. The molecule has 338 valence electrons. The van der Waals surface area contributed by atoms with Gasteiger partial charge in [-0.15, -0.1) is 0 Å². The number of nitrogens with one attached hydrogen (secondary N) is 2. The van der Waals surface area contributed by atoms with Crippen molar-refractivity contribution < 1.29 is 57.8 Å². The lowest BCUT2D eigenvalue weighted by atomic mass is 9.81. The number of ether oxygens (including phenoxy) is 5. The number of aromatic nitrogens is 1. The number of fused-ring (bicyclic) bond motifs is 2. The SMILES string of the molecule is CO[C@H]1/C=C/O[C@@]2(C)Oc3c(C)c(=O)c4c(O)c(c5oc6cc(OCCNCCN)ccc6nc5c4c3C2=O)NC(=O)/C(C)=C\C=C\[C@H](C)[C@H](O)[C@@H](C)[C@@H](O)[C@@H](C)[C@H](OC(C)=O)C1. The van der Waals surface area contributed by atoms with Gasteiger partial charge in [0.05, 0.1) is 35.5 Å². The number of carbonyl (C=O) groups is 3. The molecule has 0 fully saturated rings. The number of benzene rings is 3. The fourth-order valence-electron chi connectivity index (χ4n) is 7.90. The number of amides is 1. The van der Waals surface area contributed by atoms with Crippen LogP contribution in [0.3, 0.4) is 0 Å². The number of Topliss-reactive ketones (excluding diaryl/α,β-unsaturated/α-hetero) is 1. The number of anilines is 1. The minimum atomic E-state index is -2.04. The molecule has 0 saturated carbocycles. The number of hydrogen-bond donors (Lipinski definition) is 6. The topological polar surface area (TPSA) is 251 Å². The van der Waals surface area contributed by atoms with Crippen LogP contribution in [0.2, 0.25) is 0 Å². The van der Waals surface area contributed by atoms with E-state index in [1.54, 1.807) is 51.1 Å². The number of esters is 1. The molecule has 63 heavy (non-hydrogen) atoms. The van der Waals surface area contributed by atoms with Crippen molar-refractivity contribution >= 4 is 56.3 Å². The summed E-state index contributed by atoms with van der Waals surface area (Å²) >= 11 is 0. The van der Waals surface area contributed by atoms with Gasteiger partial charge in [-0.25, -0.2) is 4.98 Å². The van der Waals surface area contributed by atoms with Gasteiger partial charge in [-0.1, -0.05) is 39.0 Å². The average Bonchev–Trinajstić information content (AvgIpc) is 3.52. The van der Waals surface area contributed by atoms with Gasteiger partial charge in [0, 0.05) is 87.4 Å². The van der Waals surface area contributed by atoms with Gasteiger partial charge in [0.15, 0.2) is 22.3 Å². The zero-order valence-electron chi connectivity index (χ0n) is 36.6. The van der Waals surface area contributed by atoms with Crippen LogP contribution in [0.5, 0.6) is 17.2 Å². The van der Waals surface area contributed by atoms with E-state index in [2.05, 4.69) is 10.6 Å². The summed E-state index contributed by atoms with van der Waals surface area (Å²) in [6, 6.07) is 4.91. The van der Waals surface area contributed by atoms with Crippen LogP contribution >= 0.6 is 0 Å². The lowest BCUT2D eigenvalue weighted by Gasteiger charge is -2.35. The van der Waals surface area contributed by atoms with Crippen molar-refractivity contribution in [2.24, 2.45) is 23.5 Å². The Bertz CT molecular complexity index is 2570. The number of hydrogen-bond acceptors (Lipinski definition) is 16. The summed E-state index contributed by atoms with van der Waals surface area (Å²) in [6.07, 6.45) is 3.67. The molecule has 0 radical (unpaired) electrons. The van der Waals surface area contributed by atoms with Crippen molar-refractivity contribution in [2.75, 3.05) is 38.7 Å². The number of aromatic hydroxyl groups is 1. The second-order valence-electron chi connectivity index (χ2n) is 16.3. The number of methoxy groups -OCH3 is 1. The number of phenols is 1. The number of rotatable bonds is 8. The molecule has 4 bridgehead atoms. The van der Waals surface area contributed by atoms with E-state index in [0.29, 0.717) is 37.5 Å². The summed E-state index contributed by atoms with van der Waals surface area (Å²) in [5.74, 6) is -6.23. The van der Waals surface area contributed by atoms with Crippen molar-refractivity contribution in [3.05, 3.63) is 75.7 Å². The maximum absolute atomic E-state index is 14.6. The standard InChI is InChI=1S/C46H56N4O13/c1-22-10-9-11-23(2)45(57)50-37-41(55)34-33(36-43(37)62-32-21-29(12-13-30(32)49-36)59-19-17-48-16-15-47)35-42(26(5)40(34)54)63-46(7,44(35)56)60-18-14-28(58-8)20-31(61-27(6)51)24(3)39(53)25(4)38(22)52/h9-14,18,21-22,24-25,28,31,38-39,48,52-53,55H,15-17,19-20,47H2,1-8H3,(H,50,57)/b10-9+,18-14+,23-11-/t22-,24-,25+,28-,31+,38-,39-,46-/m0/s1. The summed E-state index contributed by atoms with van der Waals surface area (Å²) < 4.78 is 35.8. The van der Waals surface area contributed by atoms with E-state index in [-0.39, 0.29) is 62.0 Å². The van der Waals surface area contributed by atoms with Gasteiger partial charge in [-0.2, -0.15) is 0 Å². The van der Waals surface area contributed by atoms with Gasteiger partial charge in [-0.3, -0.25) is 19.2 Å². The van der Waals surface area contributed by atoms with Gasteiger partial charge in [0.25, 0.3) is 11.7 Å². The van der Waals surface area contributed by atoms with Crippen molar-refractivity contribution in [1.29, 1.82) is 0 Å². The molecule has 2 aliphatic heterocycles. The third kappa shape index (κ3) is 9.43. The smallest absolute Gasteiger partial charge is 0.312 e. The Hall–Kier alpha value is -5.85. The lowest BCUT2D eigenvalue weighted by molar-refractivity contribution is -0.155. The normalized spacial score (nSPS) is 27.7. The molecule has 3 heterocycles. The Morgan fingerprint density at radius 2 is 1.81 bits per heavy atom. The highest BCUT2D eigenvalue weighted by molar-refractivity contribution is 6.26. The molecule has 4 aromatic rings. The summed E-state index contributed by atoms with van der Waals surface area (Å²) in [7, 11) is 1.43. The van der Waals surface area contributed by atoms with Crippen molar-refractivity contribution in [3.8, 4) is 17.2 Å². The Morgan fingerprint density at radius 1 is 1.06 bits per heavy atom. The highest BCUT2D eigenvalue weighted by Gasteiger charge is 2.49. The first-order valence-corrected chi connectivity index (χ1v) is 20.9. The van der Waals surface area contributed by atoms with E-state index in [1.165, 1.54) is 53.2 Å². The predicted molar refractivity (Wildman–Crippen MR) is 235 cm³/mol. The molecular formula is C46H56N4O13. The molecule has 7 N–H and O–H groups in total. The van der Waals surface area contributed by atoms with Gasteiger partial charge in [-0.05, 0) is 32.1 Å². The van der Waals surface area contributed by atoms with E-state index >= 15 is 0 Å². The van der Waals surface area contributed by atoms with Gasteiger partial charge in [0.2, 0.25) is 0 Å². The van der Waals surface area contributed by atoms with E-state index in [1.807, 2.05) is 0 Å². The van der Waals surface area contributed by atoms with E-state index < -0.39 is 76.8 Å². The van der Waals surface area contributed by atoms with Gasteiger partial charge >= 0.3 is 11.8 Å². The quantitative estimate of drug-likeness (QED) is 0.0462. The van der Waals surface area contributed by atoms with E-state index in [4.69, 9.17) is 38.8 Å². The summed E-state index contributed by atoms with van der Waals surface area (Å²) in [5, 5.41) is 40.3. The average molecular weight is 873 g/mol. The monoisotopic (exact) mass is 872 g/mol. The zero-order valence-corrected chi connectivity index (χ0v) is 36.6. The molecule has 0 aliphatic carbocycles.